The number of sulfonamides is 1. The highest BCUT2D eigenvalue weighted by Gasteiger charge is 2.18. The second kappa shape index (κ2) is 6.57. The van der Waals surface area contributed by atoms with E-state index in [0.29, 0.717) is 17.0 Å². The van der Waals surface area contributed by atoms with E-state index >= 15 is 0 Å². The summed E-state index contributed by atoms with van der Waals surface area (Å²) >= 11 is 6.16. The van der Waals surface area contributed by atoms with E-state index in [1.807, 2.05) is 18.2 Å². The van der Waals surface area contributed by atoms with Gasteiger partial charge in [0.25, 0.3) is 0 Å². The van der Waals surface area contributed by atoms with Crippen molar-refractivity contribution in [3.05, 3.63) is 41.4 Å². The molecule has 1 N–H and O–H groups in total. The van der Waals surface area contributed by atoms with Crippen molar-refractivity contribution in [2.24, 2.45) is 0 Å². The Hall–Kier alpha value is -1.10. The predicted octanol–water partition coefficient (Wildman–Crippen LogP) is 3.96. The predicted molar refractivity (Wildman–Crippen MR) is 83.7 cm³/mol. The molecule has 0 aromatic heterocycles. The van der Waals surface area contributed by atoms with Crippen LogP contribution in [0.2, 0.25) is 5.02 Å². The van der Waals surface area contributed by atoms with Gasteiger partial charge in [0, 0.05) is 17.0 Å². The van der Waals surface area contributed by atoms with E-state index in [9.17, 15) is 8.42 Å². The molecule has 0 aliphatic rings. The Morgan fingerprint density at radius 1 is 1.10 bits per heavy atom. The monoisotopic (exact) mass is 311 g/mol. The van der Waals surface area contributed by atoms with Gasteiger partial charge in [0.15, 0.2) is 0 Å². The van der Waals surface area contributed by atoms with Crippen molar-refractivity contribution < 1.29 is 8.42 Å². The summed E-state index contributed by atoms with van der Waals surface area (Å²) in [5.74, 6) is 0. The van der Waals surface area contributed by atoms with Crippen LogP contribution >= 0.6 is 11.6 Å². The Bertz CT molecular complexity index is 693. The maximum absolute atomic E-state index is 12.4. The van der Waals surface area contributed by atoms with Gasteiger partial charge in [-0.15, -0.1) is 0 Å². The Morgan fingerprint density at radius 2 is 1.80 bits per heavy atom. The van der Waals surface area contributed by atoms with Crippen molar-refractivity contribution in [3.63, 3.8) is 0 Å². The Morgan fingerprint density at radius 3 is 2.50 bits per heavy atom. The Kier molecular flexibility index (Phi) is 5.02. The van der Waals surface area contributed by atoms with Gasteiger partial charge in [0.05, 0.1) is 4.90 Å². The van der Waals surface area contributed by atoms with Crippen LogP contribution in [0.15, 0.2) is 41.3 Å². The van der Waals surface area contributed by atoms with E-state index in [2.05, 4.69) is 11.6 Å². The summed E-state index contributed by atoms with van der Waals surface area (Å²) in [5.41, 5.74) is 0. The highest BCUT2D eigenvalue weighted by molar-refractivity contribution is 7.89. The minimum absolute atomic E-state index is 0.247. The van der Waals surface area contributed by atoms with Gasteiger partial charge in [-0.25, -0.2) is 13.1 Å². The highest BCUT2D eigenvalue weighted by Crippen LogP contribution is 2.29. The molecule has 3 nitrogen and oxygen atoms in total. The van der Waals surface area contributed by atoms with Gasteiger partial charge in [-0.05, 0) is 23.9 Å². The number of fused-ring (bicyclic) bond motifs is 1. The first-order valence-corrected chi connectivity index (χ1v) is 8.59. The van der Waals surface area contributed by atoms with E-state index < -0.39 is 10.0 Å². The third kappa shape index (κ3) is 3.32. The number of unbranched alkanes of at least 4 members (excludes halogenated alkanes) is 2. The summed E-state index contributed by atoms with van der Waals surface area (Å²) in [6.45, 7) is 2.54. The molecule has 2 aromatic carbocycles. The SMILES string of the molecule is CCCCCNS(=O)(=O)c1cccc2cccc(Cl)c12. The molecule has 2 rings (SSSR count). The molecule has 0 atom stereocenters. The summed E-state index contributed by atoms with van der Waals surface area (Å²) in [6, 6.07) is 10.6. The lowest BCUT2D eigenvalue weighted by Crippen LogP contribution is -2.25. The number of benzene rings is 2. The molecule has 0 amide bonds. The van der Waals surface area contributed by atoms with Crippen molar-refractivity contribution in [2.75, 3.05) is 6.54 Å². The van der Waals surface area contributed by atoms with Crippen LogP contribution in [0, 0.1) is 0 Å². The molecular weight excluding hydrogens is 294 g/mol. The third-order valence-electron chi connectivity index (χ3n) is 3.18. The molecule has 20 heavy (non-hydrogen) atoms. The van der Waals surface area contributed by atoms with E-state index in [0.717, 1.165) is 24.6 Å². The van der Waals surface area contributed by atoms with Crippen LogP contribution in [0.1, 0.15) is 26.2 Å². The van der Waals surface area contributed by atoms with Gasteiger partial charge in [0.2, 0.25) is 10.0 Å². The molecule has 0 fully saturated rings. The molecule has 0 saturated carbocycles. The second-order valence-corrected chi connectivity index (χ2v) is 6.84. The molecule has 0 radical (unpaired) electrons. The standard InChI is InChI=1S/C15H18ClNO2S/c1-2-3-4-11-17-20(18,19)14-10-6-8-12-7-5-9-13(16)15(12)14/h5-10,17H,2-4,11H2,1H3. The van der Waals surface area contributed by atoms with Gasteiger partial charge >= 0.3 is 0 Å². The van der Waals surface area contributed by atoms with Crippen molar-refractivity contribution >= 4 is 32.4 Å². The smallest absolute Gasteiger partial charge is 0.211 e. The Balaban J connectivity index is 2.37. The second-order valence-electron chi connectivity index (χ2n) is 4.70. The summed E-state index contributed by atoms with van der Waals surface area (Å²) < 4.78 is 27.4. The van der Waals surface area contributed by atoms with Crippen molar-refractivity contribution in [1.29, 1.82) is 0 Å². The normalized spacial score (nSPS) is 11.9. The number of hydrogen-bond acceptors (Lipinski definition) is 2. The topological polar surface area (TPSA) is 46.2 Å². The molecule has 0 saturated heterocycles. The highest BCUT2D eigenvalue weighted by atomic mass is 35.5. The van der Waals surface area contributed by atoms with E-state index in [1.54, 1.807) is 18.2 Å². The quantitative estimate of drug-likeness (QED) is 0.821. The lowest BCUT2D eigenvalue weighted by Gasteiger charge is -2.10. The minimum Gasteiger partial charge on any atom is -0.211 e. The number of hydrogen-bond donors (Lipinski definition) is 1. The van der Waals surface area contributed by atoms with Crippen LogP contribution in [-0.4, -0.2) is 15.0 Å². The zero-order valence-corrected chi connectivity index (χ0v) is 13.0. The van der Waals surface area contributed by atoms with Crippen LogP contribution in [-0.2, 0) is 10.0 Å². The van der Waals surface area contributed by atoms with E-state index in [4.69, 9.17) is 11.6 Å². The zero-order chi connectivity index (χ0) is 14.6. The zero-order valence-electron chi connectivity index (χ0n) is 11.4. The fraction of sp³-hybridized carbons (Fsp3) is 0.333. The lowest BCUT2D eigenvalue weighted by molar-refractivity contribution is 0.577. The van der Waals surface area contributed by atoms with Crippen molar-refractivity contribution in [3.8, 4) is 0 Å². The molecule has 0 spiro atoms. The van der Waals surface area contributed by atoms with Crippen LogP contribution < -0.4 is 4.72 Å². The van der Waals surface area contributed by atoms with Gasteiger partial charge in [-0.3, -0.25) is 0 Å². The van der Waals surface area contributed by atoms with Crippen LogP contribution in [0.25, 0.3) is 10.8 Å². The lowest BCUT2D eigenvalue weighted by atomic mass is 10.1. The molecule has 108 valence electrons. The maximum Gasteiger partial charge on any atom is 0.241 e. The Labute approximate surface area is 125 Å². The third-order valence-corrected chi connectivity index (χ3v) is 5.00. The molecule has 0 heterocycles. The minimum atomic E-state index is -3.52. The van der Waals surface area contributed by atoms with Gasteiger partial charge in [-0.2, -0.15) is 0 Å². The van der Waals surface area contributed by atoms with Gasteiger partial charge in [0.1, 0.15) is 0 Å². The first kappa shape index (κ1) is 15.3. The average molecular weight is 312 g/mol. The van der Waals surface area contributed by atoms with Gasteiger partial charge < -0.3 is 0 Å². The molecule has 0 aliphatic carbocycles. The molecule has 0 unspecified atom stereocenters. The summed E-state index contributed by atoms with van der Waals surface area (Å²) in [6.07, 6.45) is 2.91. The van der Waals surface area contributed by atoms with E-state index in [-0.39, 0.29) is 4.90 Å². The first-order chi connectivity index (χ1) is 9.56. The van der Waals surface area contributed by atoms with Crippen molar-refractivity contribution in [2.45, 2.75) is 31.1 Å². The van der Waals surface area contributed by atoms with Crippen LogP contribution in [0.5, 0.6) is 0 Å². The van der Waals surface area contributed by atoms with Crippen molar-refractivity contribution in [1.82, 2.24) is 4.72 Å². The fourth-order valence-corrected chi connectivity index (χ4v) is 3.81. The number of halogens is 1. The molecule has 0 bridgehead atoms. The number of nitrogens with one attached hydrogen (secondary N) is 1. The molecule has 2 aromatic rings. The summed E-state index contributed by atoms with van der Waals surface area (Å²) in [7, 11) is -3.52. The number of rotatable bonds is 6. The van der Waals surface area contributed by atoms with Crippen LogP contribution in [0.3, 0.4) is 0 Å². The summed E-state index contributed by atoms with van der Waals surface area (Å²) in [4.78, 5) is 0.247. The average Bonchev–Trinajstić information content (AvgIpc) is 2.43. The molecule has 5 heteroatoms. The van der Waals surface area contributed by atoms with Crippen LogP contribution in [0.4, 0.5) is 0 Å². The molecular formula is C15H18ClNO2S. The maximum atomic E-state index is 12.4. The summed E-state index contributed by atoms with van der Waals surface area (Å²) in [5, 5.41) is 1.87. The molecule has 0 aliphatic heterocycles. The van der Waals surface area contributed by atoms with E-state index in [1.165, 1.54) is 0 Å². The largest absolute Gasteiger partial charge is 0.241 e. The van der Waals surface area contributed by atoms with Gasteiger partial charge in [-0.1, -0.05) is 55.6 Å². The fourth-order valence-electron chi connectivity index (χ4n) is 2.15. The first-order valence-electron chi connectivity index (χ1n) is 6.73.